The van der Waals surface area contributed by atoms with E-state index in [1.165, 1.54) is 26.3 Å². The molecule has 0 bridgehead atoms. The first-order valence-electron chi connectivity index (χ1n) is 8.50. The van der Waals surface area contributed by atoms with E-state index in [0.717, 1.165) is 24.3 Å². The van der Waals surface area contributed by atoms with Crippen molar-refractivity contribution in [2.24, 2.45) is 4.99 Å². The Kier molecular flexibility index (Phi) is 5.31. The van der Waals surface area contributed by atoms with Gasteiger partial charge in [0.1, 0.15) is 11.3 Å². The molecule has 30 heavy (non-hydrogen) atoms. The number of aliphatic imine (C=N–C) groups is 1. The minimum absolute atomic E-state index is 0.00248. The number of halogens is 6. The van der Waals surface area contributed by atoms with Gasteiger partial charge in [0.05, 0.1) is 16.9 Å². The molecule has 11 heteroatoms. The molecule has 158 valence electrons. The minimum atomic E-state index is -4.86. The highest BCUT2D eigenvalue weighted by molar-refractivity contribution is 5.97. The Balaban J connectivity index is 2.59. The van der Waals surface area contributed by atoms with E-state index in [0.29, 0.717) is 10.6 Å². The molecule has 0 saturated heterocycles. The topological polar surface area (TPSA) is 59.3 Å². The molecule has 2 heterocycles. The second-order valence-electron chi connectivity index (χ2n) is 6.08. The standard InChI is InChI=1S/C19H14F6N4O/c1-3-27-15-14(26-2)10-8-9-13(19(23,24)25)28-16(10)29(17(15)30)12-7-5-4-6-11(12)18(20,21)22/h3-9,26H,1-2H3. The Labute approximate surface area is 165 Å². The fourth-order valence-corrected chi connectivity index (χ4v) is 3.04. The van der Waals surface area contributed by atoms with Gasteiger partial charge in [0.25, 0.3) is 5.56 Å². The summed E-state index contributed by atoms with van der Waals surface area (Å²) in [6, 6.07) is 5.80. The molecule has 0 amide bonds. The van der Waals surface area contributed by atoms with Gasteiger partial charge in [-0.2, -0.15) is 26.3 Å². The number of fused-ring (bicyclic) bond motifs is 1. The van der Waals surface area contributed by atoms with Crippen molar-refractivity contribution in [3.05, 3.63) is 58.0 Å². The van der Waals surface area contributed by atoms with E-state index >= 15 is 0 Å². The second-order valence-corrected chi connectivity index (χ2v) is 6.08. The number of hydrogen-bond donors (Lipinski definition) is 1. The third kappa shape index (κ3) is 3.62. The van der Waals surface area contributed by atoms with Gasteiger partial charge in [-0.3, -0.25) is 14.4 Å². The lowest BCUT2D eigenvalue weighted by molar-refractivity contribution is -0.141. The van der Waals surface area contributed by atoms with Gasteiger partial charge < -0.3 is 5.32 Å². The molecule has 3 aromatic rings. The van der Waals surface area contributed by atoms with Crippen LogP contribution in [0.25, 0.3) is 16.7 Å². The molecule has 0 saturated carbocycles. The van der Waals surface area contributed by atoms with Crippen molar-refractivity contribution in [3.63, 3.8) is 0 Å². The quantitative estimate of drug-likeness (QED) is 0.462. The highest BCUT2D eigenvalue weighted by Gasteiger charge is 2.36. The SMILES string of the molecule is CC=Nc1c(NC)c2ccc(C(F)(F)F)nc2n(-c2ccccc2C(F)(F)F)c1=O. The maximum atomic E-state index is 13.6. The first-order chi connectivity index (χ1) is 14.0. The molecule has 0 aliphatic heterocycles. The van der Waals surface area contributed by atoms with E-state index in [9.17, 15) is 31.1 Å². The molecule has 0 fully saturated rings. The van der Waals surface area contributed by atoms with Crippen molar-refractivity contribution in [1.29, 1.82) is 0 Å². The summed E-state index contributed by atoms with van der Waals surface area (Å²) >= 11 is 0. The predicted molar refractivity (Wildman–Crippen MR) is 101 cm³/mol. The fraction of sp³-hybridized carbons (Fsp3) is 0.211. The van der Waals surface area contributed by atoms with Crippen LogP contribution in [0, 0.1) is 0 Å². The van der Waals surface area contributed by atoms with Crippen LogP contribution in [-0.2, 0) is 12.4 Å². The van der Waals surface area contributed by atoms with E-state index in [1.807, 2.05) is 0 Å². The van der Waals surface area contributed by atoms with Crippen molar-refractivity contribution < 1.29 is 26.3 Å². The molecule has 5 nitrogen and oxygen atoms in total. The number of pyridine rings is 2. The summed E-state index contributed by atoms with van der Waals surface area (Å²) < 4.78 is 80.9. The number of para-hydroxylation sites is 1. The van der Waals surface area contributed by atoms with E-state index < -0.39 is 40.5 Å². The third-order valence-electron chi connectivity index (χ3n) is 4.25. The molecule has 3 rings (SSSR count). The van der Waals surface area contributed by atoms with Gasteiger partial charge in [-0.1, -0.05) is 12.1 Å². The third-order valence-corrected chi connectivity index (χ3v) is 4.25. The summed E-state index contributed by atoms with van der Waals surface area (Å²) in [7, 11) is 1.41. The van der Waals surface area contributed by atoms with Gasteiger partial charge in [-0.05, 0) is 31.2 Å². The van der Waals surface area contributed by atoms with Crippen LogP contribution in [0.2, 0.25) is 0 Å². The van der Waals surface area contributed by atoms with Crippen LogP contribution in [-0.4, -0.2) is 22.8 Å². The summed E-state index contributed by atoms with van der Waals surface area (Å²) in [6.45, 7) is 1.49. The first-order valence-corrected chi connectivity index (χ1v) is 8.50. The van der Waals surface area contributed by atoms with Crippen molar-refractivity contribution in [3.8, 4) is 5.69 Å². The summed E-state index contributed by atoms with van der Waals surface area (Å²) in [5, 5.41) is 2.68. The Hall–Kier alpha value is -3.37. The molecule has 0 spiro atoms. The summed E-state index contributed by atoms with van der Waals surface area (Å²) in [6.07, 6.45) is -8.47. The maximum absolute atomic E-state index is 13.6. The smallest absolute Gasteiger partial charge is 0.386 e. The molecular formula is C19H14F6N4O. The molecule has 0 atom stereocenters. The van der Waals surface area contributed by atoms with Crippen LogP contribution in [0.15, 0.2) is 46.2 Å². The summed E-state index contributed by atoms with van der Waals surface area (Å²) in [5.74, 6) is 0. The average Bonchev–Trinajstić information content (AvgIpc) is 2.67. The predicted octanol–water partition coefficient (Wildman–Crippen LogP) is 5.19. The van der Waals surface area contributed by atoms with Gasteiger partial charge in [0.2, 0.25) is 0 Å². The number of rotatable bonds is 3. The molecule has 2 aromatic heterocycles. The second kappa shape index (κ2) is 7.47. The van der Waals surface area contributed by atoms with E-state index in [-0.39, 0.29) is 16.8 Å². The van der Waals surface area contributed by atoms with Crippen molar-refractivity contribution in [2.75, 3.05) is 12.4 Å². The Morgan fingerprint density at radius 1 is 1.03 bits per heavy atom. The summed E-state index contributed by atoms with van der Waals surface area (Å²) in [5.41, 5.74) is -5.03. The number of benzene rings is 1. The lowest BCUT2D eigenvalue weighted by atomic mass is 10.1. The van der Waals surface area contributed by atoms with Gasteiger partial charge in [-0.25, -0.2) is 4.98 Å². The zero-order valence-corrected chi connectivity index (χ0v) is 15.6. The molecule has 1 N–H and O–H groups in total. The molecule has 0 unspecified atom stereocenters. The normalized spacial score (nSPS) is 12.7. The largest absolute Gasteiger partial charge is 0.433 e. The number of alkyl halides is 6. The van der Waals surface area contributed by atoms with Crippen molar-refractivity contribution >= 4 is 28.6 Å². The molecule has 1 aromatic carbocycles. The van der Waals surface area contributed by atoms with Crippen LogP contribution < -0.4 is 10.9 Å². The van der Waals surface area contributed by atoms with Gasteiger partial charge in [0.15, 0.2) is 5.69 Å². The number of nitrogens with one attached hydrogen (secondary N) is 1. The van der Waals surface area contributed by atoms with Crippen molar-refractivity contribution in [2.45, 2.75) is 19.3 Å². The van der Waals surface area contributed by atoms with E-state index in [2.05, 4.69) is 15.3 Å². The van der Waals surface area contributed by atoms with Crippen LogP contribution >= 0.6 is 0 Å². The zero-order chi connectivity index (χ0) is 22.3. The van der Waals surface area contributed by atoms with Gasteiger partial charge in [-0.15, -0.1) is 0 Å². The highest BCUT2D eigenvalue weighted by atomic mass is 19.4. The molecule has 0 aliphatic carbocycles. The zero-order valence-electron chi connectivity index (χ0n) is 15.6. The number of aromatic nitrogens is 2. The van der Waals surface area contributed by atoms with Crippen LogP contribution in [0.5, 0.6) is 0 Å². The first kappa shape index (κ1) is 21.3. The summed E-state index contributed by atoms with van der Waals surface area (Å²) in [4.78, 5) is 20.5. The highest BCUT2D eigenvalue weighted by Crippen LogP contribution is 2.37. The van der Waals surface area contributed by atoms with Crippen LogP contribution in [0.4, 0.5) is 37.7 Å². The van der Waals surface area contributed by atoms with E-state index in [4.69, 9.17) is 0 Å². The van der Waals surface area contributed by atoms with E-state index in [1.54, 1.807) is 0 Å². The number of hydrogen-bond acceptors (Lipinski definition) is 4. The minimum Gasteiger partial charge on any atom is -0.386 e. The van der Waals surface area contributed by atoms with Crippen molar-refractivity contribution in [1.82, 2.24) is 9.55 Å². The van der Waals surface area contributed by atoms with Gasteiger partial charge in [0, 0.05) is 18.6 Å². The number of anilines is 1. The average molecular weight is 428 g/mol. The Morgan fingerprint density at radius 2 is 1.70 bits per heavy atom. The lowest BCUT2D eigenvalue weighted by Crippen LogP contribution is -2.24. The lowest BCUT2D eigenvalue weighted by Gasteiger charge is -2.19. The fourth-order valence-electron chi connectivity index (χ4n) is 3.04. The number of nitrogens with zero attached hydrogens (tertiary/aromatic N) is 3. The monoisotopic (exact) mass is 428 g/mol. The molecule has 0 radical (unpaired) electrons. The maximum Gasteiger partial charge on any atom is 0.433 e. The molecule has 0 aliphatic rings. The van der Waals surface area contributed by atoms with Crippen LogP contribution in [0.3, 0.4) is 0 Å². The Morgan fingerprint density at radius 3 is 2.27 bits per heavy atom. The van der Waals surface area contributed by atoms with Gasteiger partial charge >= 0.3 is 12.4 Å². The Bertz CT molecular complexity index is 1190. The molecular weight excluding hydrogens is 414 g/mol. The van der Waals surface area contributed by atoms with Crippen LogP contribution in [0.1, 0.15) is 18.2 Å².